The highest BCUT2D eigenvalue weighted by Gasteiger charge is 2.32. The largest absolute Gasteiger partial charge is 0.406 e. The van der Waals surface area contributed by atoms with Gasteiger partial charge in [-0.25, -0.2) is 0 Å². The van der Waals surface area contributed by atoms with E-state index in [1.165, 1.54) is 7.11 Å². The van der Waals surface area contributed by atoms with Gasteiger partial charge < -0.3 is 15.4 Å². The van der Waals surface area contributed by atoms with E-state index < -0.39 is 18.6 Å². The van der Waals surface area contributed by atoms with Crippen LogP contribution in [0.2, 0.25) is 0 Å². The van der Waals surface area contributed by atoms with E-state index in [0.29, 0.717) is 6.42 Å². The SMILES string of the molecule is COC(C)CCC(=O)N(CCN)CC(F)(F)F. The van der Waals surface area contributed by atoms with Crippen LogP contribution in [0.5, 0.6) is 0 Å². The third-order valence-corrected chi connectivity index (χ3v) is 2.29. The number of hydrogen-bond acceptors (Lipinski definition) is 3. The zero-order chi connectivity index (χ0) is 13.5. The number of ether oxygens (including phenoxy) is 1. The van der Waals surface area contributed by atoms with Crippen LogP contribution in [0, 0.1) is 0 Å². The van der Waals surface area contributed by atoms with E-state index in [4.69, 9.17) is 10.5 Å². The van der Waals surface area contributed by atoms with Crippen molar-refractivity contribution in [2.24, 2.45) is 5.73 Å². The number of carbonyl (C=O) groups excluding carboxylic acids is 1. The fraction of sp³-hybridized carbons (Fsp3) is 0.900. The van der Waals surface area contributed by atoms with Crippen LogP contribution in [0.4, 0.5) is 13.2 Å². The van der Waals surface area contributed by atoms with Crippen molar-refractivity contribution < 1.29 is 22.7 Å². The number of nitrogens with two attached hydrogens (primary N) is 1. The van der Waals surface area contributed by atoms with E-state index in [1.807, 2.05) is 0 Å². The van der Waals surface area contributed by atoms with Gasteiger partial charge in [-0.05, 0) is 13.3 Å². The summed E-state index contributed by atoms with van der Waals surface area (Å²) in [5.41, 5.74) is 5.18. The van der Waals surface area contributed by atoms with Gasteiger partial charge in [0.05, 0.1) is 6.10 Å². The standard InChI is InChI=1S/C10H19F3N2O2/c1-8(17-2)3-4-9(16)15(6-5-14)7-10(11,12)13/h8H,3-7,14H2,1-2H3. The number of carbonyl (C=O) groups is 1. The summed E-state index contributed by atoms with van der Waals surface area (Å²) in [6.07, 6.45) is -4.11. The molecule has 0 rings (SSSR count). The van der Waals surface area contributed by atoms with Crippen molar-refractivity contribution in [3.8, 4) is 0 Å². The van der Waals surface area contributed by atoms with Crippen molar-refractivity contribution in [1.29, 1.82) is 0 Å². The van der Waals surface area contributed by atoms with Crippen LogP contribution < -0.4 is 5.73 Å². The maximum Gasteiger partial charge on any atom is 0.406 e. The normalized spacial score (nSPS) is 13.5. The molecule has 0 aromatic heterocycles. The Kier molecular flexibility index (Phi) is 7.13. The molecular formula is C10H19F3N2O2. The minimum absolute atomic E-state index is 0.0155. The summed E-state index contributed by atoms with van der Waals surface area (Å²) < 4.78 is 41.5. The quantitative estimate of drug-likeness (QED) is 0.743. The Hall–Kier alpha value is -0.820. The van der Waals surface area contributed by atoms with Gasteiger partial charge in [0.2, 0.25) is 5.91 Å². The molecule has 1 atom stereocenters. The lowest BCUT2D eigenvalue weighted by molar-refractivity contribution is -0.161. The highest BCUT2D eigenvalue weighted by Crippen LogP contribution is 2.17. The van der Waals surface area contributed by atoms with Crippen LogP contribution >= 0.6 is 0 Å². The molecule has 0 radical (unpaired) electrons. The second kappa shape index (κ2) is 7.50. The van der Waals surface area contributed by atoms with Crippen molar-refractivity contribution in [1.82, 2.24) is 4.90 Å². The second-order valence-electron chi connectivity index (χ2n) is 3.80. The van der Waals surface area contributed by atoms with Crippen LogP contribution in [0.15, 0.2) is 0 Å². The Morgan fingerprint density at radius 2 is 2.06 bits per heavy atom. The molecule has 1 amide bonds. The maximum atomic E-state index is 12.2. The van der Waals surface area contributed by atoms with Gasteiger partial charge in [0, 0.05) is 26.6 Å². The molecule has 17 heavy (non-hydrogen) atoms. The van der Waals surface area contributed by atoms with Crippen LogP contribution in [-0.4, -0.2) is 49.8 Å². The smallest absolute Gasteiger partial charge is 0.382 e. The zero-order valence-corrected chi connectivity index (χ0v) is 10.1. The van der Waals surface area contributed by atoms with E-state index in [9.17, 15) is 18.0 Å². The Bertz CT molecular complexity index is 234. The first-order valence-corrected chi connectivity index (χ1v) is 5.37. The second-order valence-corrected chi connectivity index (χ2v) is 3.80. The summed E-state index contributed by atoms with van der Waals surface area (Å²) in [5, 5.41) is 0. The van der Waals surface area contributed by atoms with Gasteiger partial charge >= 0.3 is 6.18 Å². The Morgan fingerprint density at radius 3 is 2.47 bits per heavy atom. The van der Waals surface area contributed by atoms with Gasteiger partial charge in [0.15, 0.2) is 0 Å². The monoisotopic (exact) mass is 256 g/mol. The van der Waals surface area contributed by atoms with Crippen LogP contribution in [0.3, 0.4) is 0 Å². The molecule has 1 unspecified atom stereocenters. The van der Waals surface area contributed by atoms with Crippen molar-refractivity contribution in [3.05, 3.63) is 0 Å². The molecule has 0 aliphatic rings. The molecule has 0 heterocycles. The number of alkyl halides is 3. The van der Waals surface area contributed by atoms with Crippen LogP contribution in [-0.2, 0) is 9.53 Å². The van der Waals surface area contributed by atoms with Gasteiger partial charge in [-0.2, -0.15) is 13.2 Å². The summed E-state index contributed by atoms with van der Waals surface area (Å²) in [7, 11) is 1.49. The molecule has 0 aliphatic carbocycles. The summed E-state index contributed by atoms with van der Waals surface area (Å²) >= 11 is 0. The maximum absolute atomic E-state index is 12.2. The molecule has 4 nitrogen and oxygen atoms in total. The number of hydrogen-bond donors (Lipinski definition) is 1. The molecule has 102 valence electrons. The third-order valence-electron chi connectivity index (χ3n) is 2.29. The number of rotatable bonds is 7. The topological polar surface area (TPSA) is 55.6 Å². The molecule has 0 spiro atoms. The molecular weight excluding hydrogens is 237 g/mol. The van der Waals surface area contributed by atoms with E-state index in [2.05, 4.69) is 0 Å². The summed E-state index contributed by atoms with van der Waals surface area (Å²) in [6, 6.07) is 0. The average molecular weight is 256 g/mol. The average Bonchev–Trinajstić information content (AvgIpc) is 2.23. The van der Waals surface area contributed by atoms with Gasteiger partial charge in [0.1, 0.15) is 6.54 Å². The van der Waals surface area contributed by atoms with Gasteiger partial charge in [0.25, 0.3) is 0 Å². The molecule has 2 N–H and O–H groups in total. The minimum Gasteiger partial charge on any atom is -0.382 e. The van der Waals surface area contributed by atoms with Crippen LogP contribution in [0.1, 0.15) is 19.8 Å². The minimum atomic E-state index is -4.39. The van der Waals surface area contributed by atoms with Crippen molar-refractivity contribution in [3.63, 3.8) is 0 Å². The Labute approximate surface area is 98.9 Å². The third kappa shape index (κ3) is 7.98. The first-order valence-electron chi connectivity index (χ1n) is 5.37. The van der Waals surface area contributed by atoms with Crippen molar-refractivity contribution in [2.75, 3.05) is 26.7 Å². The molecule has 0 aromatic rings. The fourth-order valence-electron chi connectivity index (χ4n) is 1.27. The molecule has 0 aromatic carbocycles. The van der Waals surface area contributed by atoms with Crippen LogP contribution in [0.25, 0.3) is 0 Å². The lowest BCUT2D eigenvalue weighted by atomic mass is 10.2. The number of methoxy groups -OCH3 is 1. The van der Waals surface area contributed by atoms with Crippen molar-refractivity contribution >= 4 is 5.91 Å². The van der Waals surface area contributed by atoms with Gasteiger partial charge in [-0.1, -0.05) is 0 Å². The molecule has 0 bridgehead atoms. The molecule has 0 aliphatic heterocycles. The predicted octanol–water partition coefficient (Wildman–Crippen LogP) is 1.15. The van der Waals surface area contributed by atoms with E-state index in [0.717, 1.165) is 4.90 Å². The van der Waals surface area contributed by atoms with Gasteiger partial charge in [-0.3, -0.25) is 4.79 Å². The number of amides is 1. The van der Waals surface area contributed by atoms with E-state index >= 15 is 0 Å². The highest BCUT2D eigenvalue weighted by molar-refractivity contribution is 5.76. The molecule has 7 heteroatoms. The van der Waals surface area contributed by atoms with Crippen molar-refractivity contribution in [2.45, 2.75) is 32.0 Å². The summed E-state index contributed by atoms with van der Waals surface area (Å²) in [4.78, 5) is 12.3. The predicted molar refractivity (Wildman–Crippen MR) is 57.4 cm³/mol. The van der Waals surface area contributed by atoms with E-state index in [1.54, 1.807) is 6.92 Å². The molecule has 0 saturated heterocycles. The molecule has 0 saturated carbocycles. The fourth-order valence-corrected chi connectivity index (χ4v) is 1.27. The zero-order valence-electron chi connectivity index (χ0n) is 10.1. The Balaban J connectivity index is 4.24. The van der Waals surface area contributed by atoms with Gasteiger partial charge in [-0.15, -0.1) is 0 Å². The van der Waals surface area contributed by atoms with E-state index in [-0.39, 0.29) is 25.6 Å². The first kappa shape index (κ1) is 16.2. The Morgan fingerprint density at radius 1 is 1.47 bits per heavy atom. The lowest BCUT2D eigenvalue weighted by Gasteiger charge is -2.23. The summed E-state index contributed by atoms with van der Waals surface area (Å²) in [6.45, 7) is 0.441. The first-order chi connectivity index (χ1) is 7.80. The summed E-state index contributed by atoms with van der Waals surface area (Å²) in [5.74, 6) is -0.545. The highest BCUT2D eigenvalue weighted by atomic mass is 19.4. The number of nitrogens with zero attached hydrogens (tertiary/aromatic N) is 1. The number of halogens is 3. The molecule has 0 fully saturated rings. The lowest BCUT2D eigenvalue weighted by Crippen LogP contribution is -2.41.